The van der Waals surface area contributed by atoms with Crippen molar-refractivity contribution in [1.82, 2.24) is 19.7 Å². The molecule has 0 N–H and O–H groups in total. The summed E-state index contributed by atoms with van der Waals surface area (Å²) in [4.78, 5) is 19.6. The molecule has 0 atom stereocenters. The normalized spacial score (nSPS) is 11.8. The topological polar surface area (TPSA) is 73.8 Å². The van der Waals surface area contributed by atoms with E-state index in [-0.39, 0.29) is 16.9 Å². The van der Waals surface area contributed by atoms with Gasteiger partial charge in [0.2, 0.25) is 5.82 Å². The molecule has 0 aliphatic carbocycles. The molecule has 0 unspecified atom stereocenters. The monoisotopic (exact) mass is 420 g/mol. The second kappa shape index (κ2) is 6.48. The second-order valence-corrected chi connectivity index (χ2v) is 6.84. The molecule has 0 saturated heterocycles. The molecule has 3 aromatic heterocycles. The van der Waals surface area contributed by atoms with Crippen molar-refractivity contribution >= 4 is 27.3 Å². The van der Waals surface area contributed by atoms with Crippen LogP contribution in [-0.2, 0) is 19.1 Å². The van der Waals surface area contributed by atoms with Gasteiger partial charge in [-0.05, 0) is 22.0 Å². The predicted molar refractivity (Wildman–Crippen MR) is 82.5 cm³/mol. The Morgan fingerprint density at radius 3 is 2.71 bits per heavy atom. The van der Waals surface area contributed by atoms with Gasteiger partial charge in [-0.2, -0.15) is 18.2 Å². The van der Waals surface area contributed by atoms with Crippen molar-refractivity contribution in [2.45, 2.75) is 19.1 Å². The van der Waals surface area contributed by atoms with Gasteiger partial charge in [0.15, 0.2) is 3.92 Å². The van der Waals surface area contributed by atoms with Crippen LogP contribution in [0.15, 0.2) is 36.9 Å². The van der Waals surface area contributed by atoms with Crippen LogP contribution < -0.4 is 5.56 Å². The molecule has 24 heavy (non-hydrogen) atoms. The van der Waals surface area contributed by atoms with Crippen LogP contribution >= 0.6 is 27.3 Å². The molecule has 3 heterocycles. The van der Waals surface area contributed by atoms with E-state index in [0.29, 0.717) is 13.0 Å². The maximum atomic E-state index is 12.5. The number of halogens is 4. The zero-order chi connectivity index (χ0) is 17.3. The van der Waals surface area contributed by atoms with Gasteiger partial charge in [-0.25, -0.2) is 4.98 Å². The molecule has 0 saturated carbocycles. The smallest absolute Gasteiger partial charge is 0.329 e. The van der Waals surface area contributed by atoms with Crippen LogP contribution in [0.2, 0.25) is 0 Å². The number of hydrogen-bond donors (Lipinski definition) is 0. The molecular formula is C13H8BrF3N4O2S. The minimum absolute atomic E-state index is 0.159. The molecule has 3 rings (SSSR count). The summed E-state index contributed by atoms with van der Waals surface area (Å²) in [5.41, 5.74) is 0.628. The number of aromatic nitrogens is 4. The van der Waals surface area contributed by atoms with Crippen molar-refractivity contribution in [2.24, 2.45) is 0 Å². The lowest BCUT2D eigenvalue weighted by Gasteiger charge is -2.04. The standard InChI is InChI=1S/C13H8BrF3N4O2S/c14-12-18-8(6-24-12)2-4-21-3-1-7(5-9(21)22)10-19-11(23-20-10)13(15,16)17/h1,3,5-6H,2,4H2. The molecular weight excluding hydrogens is 413 g/mol. The molecule has 0 aromatic carbocycles. The summed E-state index contributed by atoms with van der Waals surface area (Å²) in [6.07, 6.45) is -2.69. The van der Waals surface area contributed by atoms with Crippen LogP contribution in [-0.4, -0.2) is 19.7 Å². The Morgan fingerprint density at radius 1 is 1.33 bits per heavy atom. The summed E-state index contributed by atoms with van der Waals surface area (Å²) in [5, 5.41) is 5.13. The van der Waals surface area contributed by atoms with Crippen molar-refractivity contribution in [3.8, 4) is 11.4 Å². The van der Waals surface area contributed by atoms with Crippen molar-refractivity contribution in [1.29, 1.82) is 0 Å². The first kappa shape index (κ1) is 16.8. The Balaban J connectivity index is 1.77. The van der Waals surface area contributed by atoms with E-state index >= 15 is 0 Å². The quantitative estimate of drug-likeness (QED) is 0.646. The number of pyridine rings is 1. The van der Waals surface area contributed by atoms with Crippen molar-refractivity contribution in [3.63, 3.8) is 0 Å². The number of hydrogen-bond acceptors (Lipinski definition) is 6. The van der Waals surface area contributed by atoms with E-state index in [1.807, 2.05) is 5.38 Å². The Hall–Kier alpha value is -2.01. The van der Waals surface area contributed by atoms with Crippen LogP contribution in [0.4, 0.5) is 13.2 Å². The lowest BCUT2D eigenvalue weighted by molar-refractivity contribution is -0.159. The maximum Gasteiger partial charge on any atom is 0.471 e. The third-order valence-corrected chi connectivity index (χ3v) is 4.47. The molecule has 6 nitrogen and oxygen atoms in total. The first-order valence-corrected chi connectivity index (χ1v) is 8.22. The highest BCUT2D eigenvalue weighted by molar-refractivity contribution is 9.11. The van der Waals surface area contributed by atoms with Gasteiger partial charge in [0.25, 0.3) is 5.56 Å². The Morgan fingerprint density at radius 2 is 2.12 bits per heavy atom. The van der Waals surface area contributed by atoms with Gasteiger partial charge in [-0.15, -0.1) is 11.3 Å². The van der Waals surface area contributed by atoms with Crippen LogP contribution in [0.1, 0.15) is 11.6 Å². The van der Waals surface area contributed by atoms with Crippen molar-refractivity contribution < 1.29 is 17.7 Å². The van der Waals surface area contributed by atoms with Crippen molar-refractivity contribution in [3.05, 3.63) is 49.6 Å². The third kappa shape index (κ3) is 3.73. The average Bonchev–Trinajstić information content (AvgIpc) is 3.14. The van der Waals surface area contributed by atoms with Crippen LogP contribution in [0.5, 0.6) is 0 Å². The van der Waals surface area contributed by atoms with E-state index in [1.165, 1.54) is 34.2 Å². The average molecular weight is 421 g/mol. The van der Waals surface area contributed by atoms with Crippen LogP contribution in [0.25, 0.3) is 11.4 Å². The number of alkyl halides is 3. The van der Waals surface area contributed by atoms with Crippen molar-refractivity contribution in [2.75, 3.05) is 0 Å². The third-order valence-electron chi connectivity index (χ3n) is 3.06. The number of aryl methyl sites for hydroxylation is 2. The number of nitrogens with zero attached hydrogens (tertiary/aromatic N) is 4. The number of thiazole rings is 1. The van der Waals surface area contributed by atoms with E-state index in [2.05, 4.69) is 35.6 Å². The Kier molecular flexibility index (Phi) is 4.54. The molecule has 0 aliphatic heterocycles. The largest absolute Gasteiger partial charge is 0.471 e. The minimum Gasteiger partial charge on any atom is -0.329 e. The van der Waals surface area contributed by atoms with E-state index in [0.717, 1.165) is 9.61 Å². The molecule has 11 heteroatoms. The Bertz CT molecular complexity index is 918. The maximum absolute atomic E-state index is 12.5. The van der Waals surface area contributed by atoms with E-state index in [4.69, 9.17) is 0 Å². The highest BCUT2D eigenvalue weighted by Crippen LogP contribution is 2.29. The van der Waals surface area contributed by atoms with Gasteiger partial charge >= 0.3 is 12.1 Å². The number of rotatable bonds is 4. The SMILES string of the molecule is O=c1cc(-c2noc(C(F)(F)F)n2)ccn1CCc1csc(Br)n1. The molecule has 0 radical (unpaired) electrons. The Labute approximate surface area is 145 Å². The highest BCUT2D eigenvalue weighted by atomic mass is 79.9. The van der Waals surface area contributed by atoms with Gasteiger partial charge in [-0.1, -0.05) is 5.16 Å². The van der Waals surface area contributed by atoms with E-state index < -0.39 is 12.1 Å². The van der Waals surface area contributed by atoms with E-state index in [9.17, 15) is 18.0 Å². The summed E-state index contributed by atoms with van der Waals surface area (Å²) < 4.78 is 43.7. The first-order chi connectivity index (χ1) is 11.3. The van der Waals surface area contributed by atoms with Crippen LogP contribution in [0.3, 0.4) is 0 Å². The summed E-state index contributed by atoms with van der Waals surface area (Å²) in [6.45, 7) is 0.398. The lowest BCUT2D eigenvalue weighted by Crippen LogP contribution is -2.19. The first-order valence-electron chi connectivity index (χ1n) is 6.54. The molecule has 0 spiro atoms. The zero-order valence-electron chi connectivity index (χ0n) is 11.7. The fraction of sp³-hybridized carbons (Fsp3) is 0.231. The lowest BCUT2D eigenvalue weighted by atomic mass is 10.2. The fourth-order valence-corrected chi connectivity index (χ4v) is 3.00. The highest BCUT2D eigenvalue weighted by Gasteiger charge is 2.38. The molecule has 3 aromatic rings. The zero-order valence-corrected chi connectivity index (χ0v) is 14.2. The molecule has 0 bridgehead atoms. The van der Waals surface area contributed by atoms with Gasteiger partial charge < -0.3 is 9.09 Å². The molecule has 0 aliphatic rings. The predicted octanol–water partition coefficient (Wildman–Crippen LogP) is 3.38. The fourth-order valence-electron chi connectivity index (χ4n) is 1.92. The van der Waals surface area contributed by atoms with Gasteiger partial charge in [0.1, 0.15) is 0 Å². The van der Waals surface area contributed by atoms with Gasteiger partial charge in [-0.3, -0.25) is 4.79 Å². The minimum atomic E-state index is -4.72. The summed E-state index contributed by atoms with van der Waals surface area (Å²) in [6, 6.07) is 2.63. The van der Waals surface area contributed by atoms with Crippen LogP contribution in [0, 0.1) is 0 Å². The van der Waals surface area contributed by atoms with Gasteiger partial charge in [0, 0.05) is 36.2 Å². The van der Waals surface area contributed by atoms with Gasteiger partial charge in [0.05, 0.1) is 5.69 Å². The molecule has 0 fully saturated rings. The summed E-state index contributed by atoms with van der Waals surface area (Å²) in [5.74, 6) is -1.73. The molecule has 0 amide bonds. The summed E-state index contributed by atoms with van der Waals surface area (Å²) in [7, 11) is 0. The molecule has 126 valence electrons. The summed E-state index contributed by atoms with van der Waals surface area (Å²) >= 11 is 4.71. The van der Waals surface area contributed by atoms with E-state index in [1.54, 1.807) is 0 Å². The second-order valence-electron chi connectivity index (χ2n) is 4.71.